The molecule has 6 rings (SSSR count). The highest BCUT2D eigenvalue weighted by atomic mass is 35.5. The van der Waals surface area contributed by atoms with Crippen molar-refractivity contribution in [1.29, 1.82) is 0 Å². The zero-order valence-corrected chi connectivity index (χ0v) is 35.6. The Hall–Kier alpha value is -3.63. The first-order chi connectivity index (χ1) is 26.5. The molecular formula is C38H47Cl2N6O7PS2. The van der Waals surface area contributed by atoms with Crippen LogP contribution >= 0.6 is 31.5 Å². The summed E-state index contributed by atoms with van der Waals surface area (Å²) in [5, 5.41) is 10.2. The molecule has 2 unspecified atom stereocenters. The zero-order chi connectivity index (χ0) is 41.0. The third kappa shape index (κ3) is 13.2. The molecule has 0 spiro atoms. The molecule has 13 nitrogen and oxygen atoms in total. The maximum atomic E-state index is 12.4. The Balaban J connectivity index is 0.000000227. The predicted molar refractivity (Wildman–Crippen MR) is 225 cm³/mol. The first-order valence-electron chi connectivity index (χ1n) is 17.5. The van der Waals surface area contributed by atoms with E-state index in [9.17, 15) is 16.8 Å². The third-order valence-corrected chi connectivity index (χ3v) is 12.8. The number of nitrogens with zero attached hydrogens (tertiary/aromatic N) is 4. The van der Waals surface area contributed by atoms with Gasteiger partial charge in [-0.1, -0.05) is 71.7 Å². The zero-order valence-electron chi connectivity index (χ0n) is 31.4. The van der Waals surface area contributed by atoms with Gasteiger partial charge in [-0.2, -0.15) is 10.2 Å². The molecule has 0 aromatic heterocycles. The lowest BCUT2D eigenvalue weighted by Gasteiger charge is -2.14. The van der Waals surface area contributed by atoms with Gasteiger partial charge in [0.15, 0.2) is 19.7 Å². The van der Waals surface area contributed by atoms with Gasteiger partial charge in [0.25, 0.3) is 0 Å². The van der Waals surface area contributed by atoms with Gasteiger partial charge in [0.2, 0.25) is 0 Å². The van der Waals surface area contributed by atoms with Crippen molar-refractivity contribution in [2.75, 3.05) is 65.9 Å². The van der Waals surface area contributed by atoms with Crippen LogP contribution in [0.5, 0.6) is 0 Å². The number of hydrazone groups is 2. The minimum atomic E-state index is -3.27. The third-order valence-electron chi connectivity index (χ3n) is 8.83. The van der Waals surface area contributed by atoms with Crippen LogP contribution in [0.2, 0.25) is 10.0 Å². The Kier molecular flexibility index (Phi) is 16.7. The lowest BCUT2D eigenvalue weighted by atomic mass is 9.91. The molecule has 4 N–H and O–H groups in total. The summed E-state index contributed by atoms with van der Waals surface area (Å²) >= 11 is 11.9. The number of hydrogen-bond acceptors (Lipinski definition) is 11. The first kappa shape index (κ1) is 45.1. The lowest BCUT2D eigenvalue weighted by molar-refractivity contribution is 0.405. The molecular weight excluding hydrogens is 818 g/mol. The molecule has 2 heterocycles. The van der Waals surface area contributed by atoms with E-state index in [1.54, 1.807) is 24.3 Å². The molecule has 0 bridgehead atoms. The number of rotatable bonds is 12. The number of sulfone groups is 2. The van der Waals surface area contributed by atoms with Crippen LogP contribution < -0.4 is 10.9 Å². The highest BCUT2D eigenvalue weighted by Crippen LogP contribution is 2.28. The quantitative estimate of drug-likeness (QED) is 0.143. The second kappa shape index (κ2) is 20.7. The van der Waals surface area contributed by atoms with Gasteiger partial charge in [-0.15, -0.1) is 0 Å². The molecule has 2 aliphatic rings. The van der Waals surface area contributed by atoms with E-state index >= 15 is 0 Å². The Labute approximate surface area is 339 Å². The molecule has 302 valence electrons. The van der Waals surface area contributed by atoms with Gasteiger partial charge in [-0.05, 0) is 99.0 Å². The van der Waals surface area contributed by atoms with E-state index in [0.29, 0.717) is 46.0 Å². The van der Waals surface area contributed by atoms with Crippen LogP contribution in [0, 0.1) is 0 Å². The molecule has 0 saturated heterocycles. The smallest absolute Gasteiger partial charge is 0.314 e. The average Bonchev–Trinajstić information content (AvgIpc) is 3.85. The summed E-state index contributed by atoms with van der Waals surface area (Å²) in [4.78, 5) is 18.8. The molecule has 56 heavy (non-hydrogen) atoms. The largest absolute Gasteiger partial charge is 0.326 e. The highest BCUT2D eigenvalue weighted by Gasteiger charge is 2.27. The number of hydrogen-bond donors (Lipinski definition) is 4. The molecule has 0 saturated carbocycles. The van der Waals surface area contributed by atoms with Crippen molar-refractivity contribution in [2.24, 2.45) is 10.2 Å². The van der Waals surface area contributed by atoms with Crippen molar-refractivity contribution >= 4 is 62.6 Å². The highest BCUT2D eigenvalue weighted by molar-refractivity contribution is 7.91. The Morgan fingerprint density at radius 1 is 0.607 bits per heavy atom. The van der Waals surface area contributed by atoms with Crippen LogP contribution in [-0.4, -0.2) is 114 Å². The summed E-state index contributed by atoms with van der Waals surface area (Å²) < 4.78 is 58.4. The van der Waals surface area contributed by atoms with Gasteiger partial charge in [0.1, 0.15) is 0 Å². The molecule has 4 aromatic rings. The van der Waals surface area contributed by atoms with E-state index in [-0.39, 0.29) is 23.3 Å². The number of benzene rings is 4. The van der Waals surface area contributed by atoms with E-state index in [4.69, 9.17) is 37.6 Å². The summed E-state index contributed by atoms with van der Waals surface area (Å²) in [6.07, 6.45) is 0. The second-order valence-electron chi connectivity index (χ2n) is 13.5. The topological polar surface area (TPSA) is 181 Å². The fraction of sp³-hybridized carbons (Fsp3) is 0.316. The van der Waals surface area contributed by atoms with Gasteiger partial charge < -0.3 is 30.4 Å². The minimum absolute atomic E-state index is 0.0784. The van der Waals surface area contributed by atoms with Crippen molar-refractivity contribution in [3.8, 4) is 0 Å². The summed E-state index contributed by atoms with van der Waals surface area (Å²) in [7, 11) is -2.21. The van der Waals surface area contributed by atoms with Crippen LogP contribution in [0.4, 0.5) is 0 Å². The Morgan fingerprint density at radius 2 is 0.911 bits per heavy atom. The normalized spacial score (nSPS) is 16.6. The van der Waals surface area contributed by atoms with Crippen molar-refractivity contribution in [3.05, 3.63) is 129 Å². The Bertz CT molecular complexity index is 2050. The monoisotopic (exact) mass is 864 g/mol. The minimum Gasteiger partial charge on any atom is -0.326 e. The fourth-order valence-electron chi connectivity index (χ4n) is 5.77. The standard InChI is InChI=1S/2C19H22ClN3O2S.H3O3P/c2*1-23(2)11-12-26(24,25)17-9-5-14(6-10-17)18-13-21-22-19(18)15-3-7-16(20)8-4-15;1-4(2)3/h2*3-10,18,21H,11-13H2,1-2H3;4H,(H2,1,2,3). The fourth-order valence-corrected chi connectivity index (χ4v) is 8.81. The van der Waals surface area contributed by atoms with Crippen LogP contribution in [0.15, 0.2) is 117 Å². The van der Waals surface area contributed by atoms with Crippen LogP contribution in [0.1, 0.15) is 34.1 Å². The summed E-state index contributed by atoms with van der Waals surface area (Å²) in [5.41, 5.74) is 12.0. The van der Waals surface area contributed by atoms with Gasteiger partial charge >= 0.3 is 8.25 Å². The lowest BCUT2D eigenvalue weighted by Crippen LogP contribution is -2.22. The van der Waals surface area contributed by atoms with E-state index < -0.39 is 27.9 Å². The van der Waals surface area contributed by atoms with Crippen LogP contribution in [0.25, 0.3) is 0 Å². The first-order valence-corrected chi connectivity index (χ1v) is 22.8. The molecule has 2 atom stereocenters. The van der Waals surface area contributed by atoms with Crippen molar-refractivity contribution < 1.29 is 31.2 Å². The maximum absolute atomic E-state index is 12.4. The van der Waals surface area contributed by atoms with Crippen molar-refractivity contribution in [1.82, 2.24) is 20.7 Å². The SMILES string of the molecule is CN(C)CCS(=O)(=O)c1ccc(C2CNN=C2c2ccc(Cl)cc2)cc1.CN(C)CCS(=O)(=O)c1ccc(C2CNN=C2c2ccc(Cl)cc2)cc1.O=[PH](O)O. The van der Waals surface area contributed by atoms with E-state index in [1.807, 2.05) is 111 Å². The van der Waals surface area contributed by atoms with E-state index in [1.165, 1.54) is 0 Å². The van der Waals surface area contributed by atoms with Crippen molar-refractivity contribution in [3.63, 3.8) is 0 Å². The average molecular weight is 866 g/mol. The second-order valence-corrected chi connectivity index (χ2v) is 19.2. The van der Waals surface area contributed by atoms with Gasteiger partial charge in [0.05, 0.1) is 32.7 Å². The molecule has 0 radical (unpaired) electrons. The maximum Gasteiger partial charge on any atom is 0.314 e. The van der Waals surface area contributed by atoms with E-state index in [2.05, 4.69) is 21.1 Å². The van der Waals surface area contributed by atoms with Crippen molar-refractivity contribution in [2.45, 2.75) is 21.6 Å². The molecule has 18 heteroatoms. The summed E-state index contributed by atoms with van der Waals surface area (Å²) in [6, 6.07) is 29.4. The van der Waals surface area contributed by atoms with Gasteiger partial charge in [0, 0.05) is 48.1 Å². The summed E-state index contributed by atoms with van der Waals surface area (Å²) in [6.45, 7) is 2.38. The Morgan fingerprint density at radius 3 is 1.20 bits per heavy atom. The molecule has 0 amide bonds. The van der Waals surface area contributed by atoms with Crippen LogP contribution in [-0.2, 0) is 24.2 Å². The molecule has 2 aliphatic heterocycles. The van der Waals surface area contributed by atoms with Gasteiger partial charge in [-0.3, -0.25) is 4.57 Å². The van der Waals surface area contributed by atoms with E-state index in [0.717, 1.165) is 33.7 Å². The number of nitrogens with one attached hydrogen (secondary N) is 2. The van der Waals surface area contributed by atoms with Gasteiger partial charge in [-0.25, -0.2) is 16.8 Å². The van der Waals surface area contributed by atoms with Crippen LogP contribution in [0.3, 0.4) is 0 Å². The molecule has 4 aromatic carbocycles. The summed E-state index contributed by atoms with van der Waals surface area (Å²) in [5.74, 6) is 0.383. The molecule has 0 fully saturated rings. The molecule has 0 aliphatic carbocycles. The number of halogens is 2. The predicted octanol–water partition coefficient (Wildman–Crippen LogP) is 4.89.